The van der Waals surface area contributed by atoms with Gasteiger partial charge in [-0.2, -0.15) is 0 Å². The van der Waals surface area contributed by atoms with Gasteiger partial charge in [-0.1, -0.05) is 18.2 Å². The standard InChI is InChI=1S/C17H19N3O3/c1-23-17(22)20-10-4-6-13(11-20)16(21)19-15-9-8-12-5-2-3-7-14(12)18-15/h2-3,5,7-9,13H,4,6,10-11H2,1H3,(H,18,19,21)/t13-/m0/s1. The van der Waals surface area contributed by atoms with Crippen molar-refractivity contribution in [1.82, 2.24) is 9.88 Å². The van der Waals surface area contributed by atoms with Gasteiger partial charge < -0.3 is 15.0 Å². The predicted octanol–water partition coefficient (Wildman–Crippen LogP) is 2.65. The number of ether oxygens (including phenoxy) is 1. The summed E-state index contributed by atoms with van der Waals surface area (Å²) in [5.74, 6) is 0.182. The maximum Gasteiger partial charge on any atom is 0.409 e. The van der Waals surface area contributed by atoms with E-state index in [1.807, 2.05) is 30.3 Å². The van der Waals surface area contributed by atoms with Crippen LogP contribution < -0.4 is 5.32 Å². The second-order valence-electron chi connectivity index (χ2n) is 5.63. The predicted molar refractivity (Wildman–Crippen MR) is 87.1 cm³/mol. The number of hydrogen-bond donors (Lipinski definition) is 1. The van der Waals surface area contributed by atoms with Crippen molar-refractivity contribution in [3.05, 3.63) is 36.4 Å². The Balaban J connectivity index is 1.68. The highest BCUT2D eigenvalue weighted by atomic mass is 16.5. The molecule has 2 amide bonds. The number of fused-ring (bicyclic) bond motifs is 1. The third-order valence-corrected chi connectivity index (χ3v) is 4.07. The van der Waals surface area contributed by atoms with Gasteiger partial charge in [-0.3, -0.25) is 4.79 Å². The van der Waals surface area contributed by atoms with Gasteiger partial charge in [0.2, 0.25) is 5.91 Å². The maximum absolute atomic E-state index is 12.4. The number of carbonyl (C=O) groups is 2. The largest absolute Gasteiger partial charge is 0.453 e. The number of likely N-dealkylation sites (tertiary alicyclic amines) is 1. The number of pyridine rings is 1. The van der Waals surface area contributed by atoms with E-state index in [-0.39, 0.29) is 17.9 Å². The number of nitrogens with one attached hydrogen (secondary N) is 1. The number of aromatic nitrogens is 1. The number of piperidine rings is 1. The van der Waals surface area contributed by atoms with Crippen molar-refractivity contribution in [2.75, 3.05) is 25.5 Å². The number of para-hydroxylation sites is 1. The molecule has 1 atom stereocenters. The first-order valence-electron chi connectivity index (χ1n) is 7.67. The summed E-state index contributed by atoms with van der Waals surface area (Å²) in [5.41, 5.74) is 0.838. The second kappa shape index (κ2) is 6.64. The summed E-state index contributed by atoms with van der Waals surface area (Å²) in [7, 11) is 1.35. The normalized spacial score (nSPS) is 17.8. The van der Waals surface area contributed by atoms with Gasteiger partial charge in [-0.15, -0.1) is 0 Å². The molecule has 6 nitrogen and oxygen atoms in total. The highest BCUT2D eigenvalue weighted by Gasteiger charge is 2.29. The highest BCUT2D eigenvalue weighted by Crippen LogP contribution is 2.20. The van der Waals surface area contributed by atoms with Gasteiger partial charge in [0.15, 0.2) is 0 Å². The number of nitrogens with zero attached hydrogens (tertiary/aromatic N) is 2. The first kappa shape index (κ1) is 15.3. The van der Waals surface area contributed by atoms with E-state index >= 15 is 0 Å². The van der Waals surface area contributed by atoms with Gasteiger partial charge in [0.1, 0.15) is 5.82 Å². The van der Waals surface area contributed by atoms with E-state index in [0.29, 0.717) is 18.9 Å². The third-order valence-electron chi connectivity index (χ3n) is 4.07. The zero-order chi connectivity index (χ0) is 16.2. The van der Waals surface area contributed by atoms with Crippen LogP contribution in [0.2, 0.25) is 0 Å². The van der Waals surface area contributed by atoms with E-state index < -0.39 is 0 Å². The molecule has 3 rings (SSSR count). The number of hydrogen-bond acceptors (Lipinski definition) is 4. The van der Waals surface area contributed by atoms with E-state index in [9.17, 15) is 9.59 Å². The molecular weight excluding hydrogens is 294 g/mol. The van der Waals surface area contributed by atoms with Gasteiger partial charge in [0.05, 0.1) is 18.5 Å². The lowest BCUT2D eigenvalue weighted by Crippen LogP contribution is -2.43. The lowest BCUT2D eigenvalue weighted by Gasteiger charge is -2.30. The Morgan fingerprint density at radius 2 is 2.09 bits per heavy atom. The zero-order valence-corrected chi connectivity index (χ0v) is 13.0. The van der Waals surface area contributed by atoms with Crippen LogP contribution in [0.1, 0.15) is 12.8 Å². The molecule has 0 saturated carbocycles. The van der Waals surface area contributed by atoms with Gasteiger partial charge in [-0.05, 0) is 31.0 Å². The van der Waals surface area contributed by atoms with Crippen LogP contribution in [0.4, 0.5) is 10.6 Å². The van der Waals surface area contributed by atoms with Crippen LogP contribution >= 0.6 is 0 Å². The van der Waals surface area contributed by atoms with Crippen LogP contribution in [0, 0.1) is 5.92 Å². The SMILES string of the molecule is COC(=O)N1CCC[C@H](C(=O)Nc2ccc3ccccc3n2)C1. The first-order valence-corrected chi connectivity index (χ1v) is 7.67. The van der Waals surface area contributed by atoms with E-state index in [0.717, 1.165) is 23.7 Å². The van der Waals surface area contributed by atoms with Crippen molar-refractivity contribution in [3.63, 3.8) is 0 Å². The monoisotopic (exact) mass is 313 g/mol. The summed E-state index contributed by atoms with van der Waals surface area (Å²) in [6.07, 6.45) is 1.16. The lowest BCUT2D eigenvalue weighted by atomic mass is 9.97. The second-order valence-corrected chi connectivity index (χ2v) is 5.63. The Labute approximate surface area is 134 Å². The van der Waals surface area contributed by atoms with E-state index in [1.54, 1.807) is 11.0 Å². The molecule has 0 aliphatic carbocycles. The van der Waals surface area contributed by atoms with Gasteiger partial charge >= 0.3 is 6.09 Å². The minimum absolute atomic E-state index is 0.110. The number of anilines is 1. The summed E-state index contributed by atoms with van der Waals surface area (Å²) in [5, 5.41) is 3.88. The minimum Gasteiger partial charge on any atom is -0.453 e. The fourth-order valence-corrected chi connectivity index (χ4v) is 2.85. The summed E-state index contributed by atoms with van der Waals surface area (Å²) in [6, 6.07) is 11.5. The minimum atomic E-state index is -0.383. The molecule has 120 valence electrons. The van der Waals surface area contributed by atoms with Crippen molar-refractivity contribution < 1.29 is 14.3 Å². The van der Waals surface area contributed by atoms with Crippen molar-refractivity contribution in [2.24, 2.45) is 5.92 Å². The molecule has 1 fully saturated rings. The lowest BCUT2D eigenvalue weighted by molar-refractivity contribution is -0.121. The average Bonchev–Trinajstić information content (AvgIpc) is 2.61. The molecule has 1 aromatic heterocycles. The molecule has 1 N–H and O–H groups in total. The molecule has 2 aromatic rings. The highest BCUT2D eigenvalue weighted by molar-refractivity contribution is 5.93. The average molecular weight is 313 g/mol. The van der Waals surface area contributed by atoms with Crippen molar-refractivity contribution in [1.29, 1.82) is 0 Å². The van der Waals surface area contributed by atoms with Crippen molar-refractivity contribution >= 4 is 28.7 Å². The molecule has 2 heterocycles. The van der Waals surface area contributed by atoms with Crippen LogP contribution in [0.15, 0.2) is 36.4 Å². The smallest absolute Gasteiger partial charge is 0.409 e. The summed E-state index contributed by atoms with van der Waals surface area (Å²) < 4.78 is 4.73. The molecular formula is C17H19N3O3. The van der Waals surface area contributed by atoms with Gasteiger partial charge in [0, 0.05) is 18.5 Å². The molecule has 0 radical (unpaired) electrons. The fourth-order valence-electron chi connectivity index (χ4n) is 2.85. The van der Waals surface area contributed by atoms with Gasteiger partial charge in [-0.25, -0.2) is 9.78 Å². The Kier molecular flexibility index (Phi) is 4.41. The molecule has 0 unspecified atom stereocenters. The molecule has 6 heteroatoms. The number of rotatable bonds is 2. The van der Waals surface area contributed by atoms with Gasteiger partial charge in [0.25, 0.3) is 0 Å². The molecule has 1 aliphatic heterocycles. The summed E-state index contributed by atoms with van der Waals surface area (Å²) in [6.45, 7) is 1.01. The van der Waals surface area contributed by atoms with Crippen LogP contribution in [0.3, 0.4) is 0 Å². The summed E-state index contributed by atoms with van der Waals surface area (Å²) in [4.78, 5) is 30.0. The molecule has 1 saturated heterocycles. The van der Waals surface area contributed by atoms with E-state index in [4.69, 9.17) is 4.74 Å². The van der Waals surface area contributed by atoms with Crippen LogP contribution in [0.5, 0.6) is 0 Å². The van der Waals surface area contributed by atoms with Crippen LogP contribution in [0.25, 0.3) is 10.9 Å². The Hall–Kier alpha value is -2.63. The summed E-state index contributed by atoms with van der Waals surface area (Å²) >= 11 is 0. The number of amides is 2. The number of benzene rings is 1. The Bertz CT molecular complexity index is 732. The Morgan fingerprint density at radius 1 is 1.26 bits per heavy atom. The fraction of sp³-hybridized carbons (Fsp3) is 0.353. The molecule has 0 spiro atoms. The zero-order valence-electron chi connectivity index (χ0n) is 13.0. The van der Waals surface area contributed by atoms with Crippen LogP contribution in [-0.2, 0) is 9.53 Å². The topological polar surface area (TPSA) is 71.5 Å². The third kappa shape index (κ3) is 3.41. The van der Waals surface area contributed by atoms with Crippen molar-refractivity contribution in [3.8, 4) is 0 Å². The number of methoxy groups -OCH3 is 1. The van der Waals surface area contributed by atoms with E-state index in [1.165, 1.54) is 7.11 Å². The quantitative estimate of drug-likeness (QED) is 0.925. The Morgan fingerprint density at radius 3 is 2.91 bits per heavy atom. The van der Waals surface area contributed by atoms with Crippen molar-refractivity contribution in [2.45, 2.75) is 12.8 Å². The van der Waals surface area contributed by atoms with E-state index in [2.05, 4.69) is 10.3 Å². The molecule has 1 aliphatic rings. The maximum atomic E-state index is 12.4. The molecule has 0 bridgehead atoms. The molecule has 23 heavy (non-hydrogen) atoms. The first-order chi connectivity index (χ1) is 11.2. The number of carbonyl (C=O) groups excluding carboxylic acids is 2. The molecule has 1 aromatic carbocycles. The van der Waals surface area contributed by atoms with Crippen LogP contribution in [-0.4, -0.2) is 42.1 Å².